The van der Waals surface area contributed by atoms with Crippen molar-refractivity contribution in [1.82, 2.24) is 0 Å². The molecule has 100 valence electrons. The molecule has 0 aliphatic carbocycles. The van der Waals surface area contributed by atoms with Crippen LogP contribution in [0.3, 0.4) is 0 Å². The first-order valence-electron chi connectivity index (χ1n) is 5.65. The highest BCUT2D eigenvalue weighted by molar-refractivity contribution is 6.34. The molecule has 0 spiro atoms. The average Bonchev–Trinajstić information content (AvgIpc) is 2.36. The third kappa shape index (κ3) is 3.38. The maximum Gasteiger partial charge on any atom is 0.166 e. The van der Waals surface area contributed by atoms with Crippen molar-refractivity contribution < 1.29 is 9.13 Å². The summed E-state index contributed by atoms with van der Waals surface area (Å²) >= 11 is 11.8. The van der Waals surface area contributed by atoms with Crippen molar-refractivity contribution in [3.8, 4) is 11.5 Å². The van der Waals surface area contributed by atoms with Gasteiger partial charge in [-0.3, -0.25) is 0 Å². The van der Waals surface area contributed by atoms with Gasteiger partial charge in [0.05, 0.1) is 5.02 Å². The Labute approximate surface area is 120 Å². The van der Waals surface area contributed by atoms with E-state index >= 15 is 0 Å². The molecule has 19 heavy (non-hydrogen) atoms. The molecule has 2 aromatic rings. The Morgan fingerprint density at radius 3 is 2.47 bits per heavy atom. The molecule has 0 aliphatic rings. The first-order valence-corrected chi connectivity index (χ1v) is 6.41. The van der Waals surface area contributed by atoms with E-state index in [1.165, 1.54) is 18.2 Å². The second-order valence-corrected chi connectivity index (χ2v) is 5.00. The van der Waals surface area contributed by atoms with Gasteiger partial charge in [0.15, 0.2) is 11.6 Å². The van der Waals surface area contributed by atoms with Crippen LogP contribution in [0.15, 0.2) is 36.4 Å². The van der Waals surface area contributed by atoms with Crippen LogP contribution in [0.25, 0.3) is 0 Å². The van der Waals surface area contributed by atoms with Crippen LogP contribution in [-0.4, -0.2) is 0 Å². The van der Waals surface area contributed by atoms with Gasteiger partial charge in [-0.05, 0) is 36.8 Å². The van der Waals surface area contributed by atoms with Gasteiger partial charge in [0, 0.05) is 17.1 Å². The van der Waals surface area contributed by atoms with Crippen molar-refractivity contribution in [1.29, 1.82) is 0 Å². The topological polar surface area (TPSA) is 35.2 Å². The lowest BCUT2D eigenvalue weighted by molar-refractivity contribution is 0.441. The zero-order valence-corrected chi connectivity index (χ0v) is 11.7. The molecule has 2 nitrogen and oxygen atoms in total. The quantitative estimate of drug-likeness (QED) is 0.871. The Morgan fingerprint density at radius 2 is 1.84 bits per heavy atom. The highest BCUT2D eigenvalue weighted by atomic mass is 35.5. The molecule has 2 rings (SSSR count). The van der Waals surface area contributed by atoms with Gasteiger partial charge in [-0.15, -0.1) is 0 Å². The molecule has 0 heterocycles. The average molecular weight is 300 g/mol. The predicted octanol–water partition coefficient (Wildman–Crippen LogP) is 4.94. The number of halogens is 3. The molecule has 0 fully saturated rings. The number of rotatable bonds is 3. The molecule has 2 N–H and O–H groups in total. The summed E-state index contributed by atoms with van der Waals surface area (Å²) in [6, 6.07) is 9.09. The summed E-state index contributed by atoms with van der Waals surface area (Å²) in [7, 11) is 0. The van der Waals surface area contributed by atoms with Crippen LogP contribution in [-0.2, 0) is 0 Å². The minimum Gasteiger partial charge on any atom is -0.453 e. The molecular weight excluding hydrogens is 288 g/mol. The SMILES string of the molecule is C[C@H](N)c1ccc(Oc2cc(Cl)ccc2Cl)c(F)c1. The largest absolute Gasteiger partial charge is 0.453 e. The third-order valence-corrected chi connectivity index (χ3v) is 3.14. The molecular formula is C14H12Cl2FNO. The van der Waals surface area contributed by atoms with E-state index in [9.17, 15) is 4.39 Å². The standard InChI is InChI=1S/C14H12Cl2FNO/c1-8(18)9-2-5-13(12(17)6-9)19-14-7-10(15)3-4-11(14)16/h2-8H,18H2,1H3/t8-/m0/s1. The zero-order valence-electron chi connectivity index (χ0n) is 10.2. The van der Waals surface area contributed by atoms with Crippen LogP contribution in [0.2, 0.25) is 10.0 Å². The smallest absolute Gasteiger partial charge is 0.166 e. The number of hydrogen-bond donors (Lipinski definition) is 1. The summed E-state index contributed by atoms with van der Waals surface area (Å²) in [5.41, 5.74) is 6.38. The van der Waals surface area contributed by atoms with E-state index < -0.39 is 5.82 Å². The summed E-state index contributed by atoms with van der Waals surface area (Å²) < 4.78 is 19.3. The van der Waals surface area contributed by atoms with Gasteiger partial charge in [-0.2, -0.15) is 0 Å². The number of ether oxygens (including phenoxy) is 1. The van der Waals surface area contributed by atoms with Gasteiger partial charge >= 0.3 is 0 Å². The molecule has 0 saturated carbocycles. The number of nitrogens with two attached hydrogens (primary N) is 1. The molecule has 2 aromatic carbocycles. The lowest BCUT2D eigenvalue weighted by Crippen LogP contribution is -2.05. The Bertz CT molecular complexity index is 602. The minimum atomic E-state index is -0.495. The van der Waals surface area contributed by atoms with E-state index in [1.54, 1.807) is 25.1 Å². The van der Waals surface area contributed by atoms with Crippen molar-refractivity contribution in [3.05, 3.63) is 57.8 Å². The molecule has 0 unspecified atom stereocenters. The number of hydrogen-bond acceptors (Lipinski definition) is 2. The molecule has 5 heteroatoms. The normalized spacial score (nSPS) is 12.3. The van der Waals surface area contributed by atoms with E-state index in [0.717, 1.165) is 0 Å². The van der Waals surface area contributed by atoms with Crippen molar-refractivity contribution in [2.24, 2.45) is 5.73 Å². The second-order valence-electron chi connectivity index (χ2n) is 4.16. The lowest BCUT2D eigenvalue weighted by Gasteiger charge is -2.11. The van der Waals surface area contributed by atoms with Crippen LogP contribution in [0.4, 0.5) is 4.39 Å². The van der Waals surface area contributed by atoms with E-state index in [0.29, 0.717) is 21.4 Å². The molecule has 0 bridgehead atoms. The second kappa shape index (κ2) is 5.78. The van der Waals surface area contributed by atoms with Crippen LogP contribution >= 0.6 is 23.2 Å². The van der Waals surface area contributed by atoms with Gasteiger partial charge < -0.3 is 10.5 Å². The lowest BCUT2D eigenvalue weighted by atomic mass is 10.1. The maximum absolute atomic E-state index is 13.9. The first kappa shape index (κ1) is 14.1. The van der Waals surface area contributed by atoms with Gasteiger partial charge in [0.2, 0.25) is 0 Å². The van der Waals surface area contributed by atoms with Crippen LogP contribution in [0.1, 0.15) is 18.5 Å². The Balaban J connectivity index is 2.31. The summed E-state index contributed by atoms with van der Waals surface area (Å²) in [4.78, 5) is 0. The van der Waals surface area contributed by atoms with E-state index in [-0.39, 0.29) is 11.8 Å². The highest BCUT2D eigenvalue weighted by Crippen LogP contribution is 2.33. The fourth-order valence-corrected chi connectivity index (χ4v) is 1.88. The monoisotopic (exact) mass is 299 g/mol. The molecule has 0 aliphatic heterocycles. The summed E-state index contributed by atoms with van der Waals surface area (Å²) in [5, 5.41) is 0.826. The molecule has 0 aromatic heterocycles. The van der Waals surface area contributed by atoms with Crippen LogP contribution < -0.4 is 10.5 Å². The van der Waals surface area contributed by atoms with Crippen molar-refractivity contribution in [2.75, 3.05) is 0 Å². The Hall–Kier alpha value is -1.29. The molecule has 1 atom stereocenters. The predicted molar refractivity (Wildman–Crippen MR) is 75.5 cm³/mol. The molecule has 0 saturated heterocycles. The number of benzene rings is 2. The Morgan fingerprint density at radius 1 is 1.11 bits per heavy atom. The summed E-state index contributed by atoms with van der Waals surface area (Å²) in [5.74, 6) is -0.110. The first-order chi connectivity index (χ1) is 8.97. The van der Waals surface area contributed by atoms with Gasteiger partial charge in [-0.1, -0.05) is 29.3 Å². The van der Waals surface area contributed by atoms with E-state index in [4.69, 9.17) is 33.7 Å². The van der Waals surface area contributed by atoms with Gasteiger partial charge in [0.25, 0.3) is 0 Å². The molecule has 0 amide bonds. The van der Waals surface area contributed by atoms with Crippen LogP contribution in [0.5, 0.6) is 11.5 Å². The van der Waals surface area contributed by atoms with Crippen molar-refractivity contribution >= 4 is 23.2 Å². The van der Waals surface area contributed by atoms with Crippen LogP contribution in [0, 0.1) is 5.82 Å². The fraction of sp³-hybridized carbons (Fsp3) is 0.143. The zero-order chi connectivity index (χ0) is 14.0. The van der Waals surface area contributed by atoms with Gasteiger partial charge in [0.1, 0.15) is 5.75 Å². The van der Waals surface area contributed by atoms with Gasteiger partial charge in [-0.25, -0.2) is 4.39 Å². The highest BCUT2D eigenvalue weighted by Gasteiger charge is 2.10. The van der Waals surface area contributed by atoms with E-state index in [2.05, 4.69) is 0 Å². The van der Waals surface area contributed by atoms with Crippen molar-refractivity contribution in [2.45, 2.75) is 13.0 Å². The maximum atomic E-state index is 13.9. The Kier molecular flexibility index (Phi) is 4.30. The van der Waals surface area contributed by atoms with E-state index in [1.807, 2.05) is 0 Å². The minimum absolute atomic E-state index is 0.0774. The fourth-order valence-electron chi connectivity index (χ4n) is 1.56. The summed E-state index contributed by atoms with van der Waals surface area (Å²) in [6.45, 7) is 1.78. The summed E-state index contributed by atoms with van der Waals surface area (Å²) in [6.07, 6.45) is 0. The third-order valence-electron chi connectivity index (χ3n) is 2.59. The molecule has 0 radical (unpaired) electrons. The van der Waals surface area contributed by atoms with Crippen molar-refractivity contribution in [3.63, 3.8) is 0 Å².